The molecule has 6 heteroatoms. The van der Waals surface area contributed by atoms with E-state index >= 15 is 0 Å². The topological polar surface area (TPSA) is 78.3 Å². The maximum absolute atomic E-state index is 10.9. The van der Waals surface area contributed by atoms with Gasteiger partial charge in [-0.3, -0.25) is 4.79 Å². The SMILES string of the molecule is COc1cc(Cl)c(C(N)C(N)=O)cc1Cl. The molecular formula is C9H10Cl2N2O2. The molecule has 0 aliphatic heterocycles. The Balaban J connectivity index is 3.21. The van der Waals surface area contributed by atoms with Crippen molar-refractivity contribution >= 4 is 29.1 Å². The first kappa shape index (κ1) is 12.1. The Morgan fingerprint density at radius 2 is 2.00 bits per heavy atom. The number of rotatable bonds is 3. The van der Waals surface area contributed by atoms with E-state index in [2.05, 4.69) is 0 Å². The first-order valence-electron chi connectivity index (χ1n) is 4.05. The molecular weight excluding hydrogens is 239 g/mol. The predicted octanol–water partition coefficient (Wildman–Crippen LogP) is 1.49. The Morgan fingerprint density at radius 3 is 2.47 bits per heavy atom. The quantitative estimate of drug-likeness (QED) is 0.851. The molecule has 1 amide bonds. The Hall–Kier alpha value is -0.970. The summed E-state index contributed by atoms with van der Waals surface area (Å²) >= 11 is 11.8. The summed E-state index contributed by atoms with van der Waals surface area (Å²) in [5.41, 5.74) is 11.0. The van der Waals surface area contributed by atoms with Gasteiger partial charge in [0.2, 0.25) is 5.91 Å². The Kier molecular flexibility index (Phi) is 3.79. The smallest absolute Gasteiger partial charge is 0.238 e. The summed E-state index contributed by atoms with van der Waals surface area (Å²) in [5.74, 6) is -0.250. The fraction of sp³-hybridized carbons (Fsp3) is 0.222. The minimum absolute atomic E-state index is 0.294. The van der Waals surface area contributed by atoms with E-state index in [0.717, 1.165) is 0 Å². The number of halogens is 2. The minimum atomic E-state index is -0.971. The van der Waals surface area contributed by atoms with Crippen molar-refractivity contribution in [1.82, 2.24) is 0 Å². The molecule has 0 aliphatic rings. The average Bonchev–Trinajstić information content (AvgIpc) is 2.19. The van der Waals surface area contributed by atoms with Gasteiger partial charge >= 0.3 is 0 Å². The number of nitrogens with two attached hydrogens (primary N) is 2. The molecule has 82 valence electrons. The van der Waals surface area contributed by atoms with E-state index in [1.54, 1.807) is 0 Å². The van der Waals surface area contributed by atoms with Crippen LogP contribution >= 0.6 is 23.2 Å². The number of hydrogen-bond acceptors (Lipinski definition) is 3. The first-order valence-corrected chi connectivity index (χ1v) is 4.80. The van der Waals surface area contributed by atoms with Crippen LogP contribution < -0.4 is 16.2 Å². The molecule has 1 atom stereocenters. The van der Waals surface area contributed by atoms with Crippen molar-refractivity contribution < 1.29 is 9.53 Å². The Labute approximate surface area is 97.1 Å². The molecule has 1 aromatic rings. The molecule has 0 saturated heterocycles. The van der Waals surface area contributed by atoms with E-state index in [9.17, 15) is 4.79 Å². The van der Waals surface area contributed by atoms with Crippen molar-refractivity contribution in [2.75, 3.05) is 7.11 Å². The summed E-state index contributed by atoms with van der Waals surface area (Å²) in [4.78, 5) is 10.9. The predicted molar refractivity (Wildman–Crippen MR) is 59.1 cm³/mol. The number of methoxy groups -OCH3 is 1. The van der Waals surface area contributed by atoms with Gasteiger partial charge in [0.25, 0.3) is 0 Å². The highest BCUT2D eigenvalue weighted by Gasteiger charge is 2.17. The average molecular weight is 249 g/mol. The van der Waals surface area contributed by atoms with Crippen LogP contribution in [0.2, 0.25) is 10.0 Å². The van der Waals surface area contributed by atoms with Gasteiger partial charge in [0.15, 0.2) is 0 Å². The van der Waals surface area contributed by atoms with Crippen molar-refractivity contribution in [1.29, 1.82) is 0 Å². The third kappa shape index (κ3) is 2.53. The van der Waals surface area contributed by atoms with E-state index in [-0.39, 0.29) is 0 Å². The number of benzene rings is 1. The van der Waals surface area contributed by atoms with Crippen molar-refractivity contribution in [3.05, 3.63) is 27.7 Å². The molecule has 1 aromatic carbocycles. The van der Waals surface area contributed by atoms with Crippen molar-refractivity contribution in [3.8, 4) is 5.75 Å². The maximum atomic E-state index is 10.9. The molecule has 0 aromatic heterocycles. The van der Waals surface area contributed by atoms with Crippen LogP contribution in [0.3, 0.4) is 0 Å². The van der Waals surface area contributed by atoms with Gasteiger partial charge in [-0.05, 0) is 11.6 Å². The molecule has 0 spiro atoms. The summed E-state index contributed by atoms with van der Waals surface area (Å²) in [7, 11) is 1.46. The molecule has 1 unspecified atom stereocenters. The molecule has 0 saturated carbocycles. The fourth-order valence-electron chi connectivity index (χ4n) is 1.09. The fourth-order valence-corrected chi connectivity index (χ4v) is 1.61. The second kappa shape index (κ2) is 4.70. The van der Waals surface area contributed by atoms with Gasteiger partial charge in [0, 0.05) is 11.1 Å². The Morgan fingerprint density at radius 1 is 1.40 bits per heavy atom. The van der Waals surface area contributed by atoms with Crippen molar-refractivity contribution in [2.24, 2.45) is 11.5 Å². The van der Waals surface area contributed by atoms with Crippen LogP contribution in [0.15, 0.2) is 12.1 Å². The second-order valence-corrected chi connectivity index (χ2v) is 3.70. The number of carbonyl (C=O) groups excluding carboxylic acids is 1. The van der Waals surface area contributed by atoms with Crippen molar-refractivity contribution in [3.63, 3.8) is 0 Å². The monoisotopic (exact) mass is 248 g/mol. The van der Waals surface area contributed by atoms with E-state index in [4.69, 9.17) is 39.4 Å². The normalized spacial score (nSPS) is 12.3. The van der Waals surface area contributed by atoms with Crippen LogP contribution in [0.4, 0.5) is 0 Å². The van der Waals surface area contributed by atoms with Crippen LogP contribution in [-0.2, 0) is 4.79 Å². The molecule has 0 fully saturated rings. The van der Waals surface area contributed by atoms with Gasteiger partial charge in [-0.25, -0.2) is 0 Å². The number of carbonyl (C=O) groups is 1. The number of amides is 1. The summed E-state index contributed by atoms with van der Waals surface area (Å²) in [6.45, 7) is 0. The van der Waals surface area contributed by atoms with Gasteiger partial charge in [-0.1, -0.05) is 23.2 Å². The van der Waals surface area contributed by atoms with E-state index in [1.165, 1.54) is 19.2 Å². The maximum Gasteiger partial charge on any atom is 0.238 e. The van der Waals surface area contributed by atoms with E-state index in [0.29, 0.717) is 21.4 Å². The summed E-state index contributed by atoms with van der Waals surface area (Å²) < 4.78 is 4.95. The molecule has 0 radical (unpaired) electrons. The lowest BCUT2D eigenvalue weighted by Gasteiger charge is -2.12. The summed E-state index contributed by atoms with van der Waals surface area (Å²) in [5, 5.41) is 0.621. The standard InChI is InChI=1S/C9H10Cl2N2O2/c1-15-7-3-5(10)4(2-6(7)11)8(12)9(13)14/h2-3,8H,12H2,1H3,(H2,13,14). The molecule has 15 heavy (non-hydrogen) atoms. The first-order chi connectivity index (χ1) is 6.97. The highest BCUT2D eigenvalue weighted by Crippen LogP contribution is 2.33. The van der Waals surface area contributed by atoms with Crippen LogP contribution in [0, 0.1) is 0 Å². The zero-order valence-corrected chi connectivity index (χ0v) is 9.47. The Bertz CT molecular complexity index is 396. The summed E-state index contributed by atoms with van der Waals surface area (Å²) in [6.07, 6.45) is 0. The lowest BCUT2D eigenvalue weighted by Crippen LogP contribution is -2.28. The van der Waals surface area contributed by atoms with Gasteiger partial charge in [-0.2, -0.15) is 0 Å². The van der Waals surface area contributed by atoms with Gasteiger partial charge in [0.05, 0.1) is 12.1 Å². The van der Waals surface area contributed by atoms with Crippen LogP contribution in [0.1, 0.15) is 11.6 Å². The van der Waals surface area contributed by atoms with Gasteiger partial charge in [-0.15, -0.1) is 0 Å². The molecule has 1 rings (SSSR count). The second-order valence-electron chi connectivity index (χ2n) is 2.89. The summed E-state index contributed by atoms with van der Waals surface area (Å²) in [6, 6.07) is 1.99. The third-order valence-corrected chi connectivity index (χ3v) is 2.54. The van der Waals surface area contributed by atoms with Crippen LogP contribution in [0.25, 0.3) is 0 Å². The van der Waals surface area contributed by atoms with Crippen LogP contribution in [-0.4, -0.2) is 13.0 Å². The number of hydrogen-bond donors (Lipinski definition) is 2. The lowest BCUT2D eigenvalue weighted by atomic mass is 10.1. The highest BCUT2D eigenvalue weighted by atomic mass is 35.5. The molecule has 0 bridgehead atoms. The van der Waals surface area contributed by atoms with Crippen LogP contribution in [0.5, 0.6) is 5.75 Å². The molecule has 4 nitrogen and oxygen atoms in total. The lowest BCUT2D eigenvalue weighted by molar-refractivity contribution is -0.119. The molecule has 0 aliphatic carbocycles. The minimum Gasteiger partial charge on any atom is -0.495 e. The van der Waals surface area contributed by atoms with Crippen molar-refractivity contribution in [2.45, 2.75) is 6.04 Å². The largest absolute Gasteiger partial charge is 0.495 e. The highest BCUT2D eigenvalue weighted by molar-refractivity contribution is 6.35. The molecule has 0 heterocycles. The zero-order valence-electron chi connectivity index (χ0n) is 7.96. The molecule has 4 N–H and O–H groups in total. The van der Waals surface area contributed by atoms with Gasteiger partial charge < -0.3 is 16.2 Å². The third-order valence-electron chi connectivity index (χ3n) is 1.91. The number of primary amides is 1. The zero-order chi connectivity index (χ0) is 11.6. The van der Waals surface area contributed by atoms with E-state index < -0.39 is 11.9 Å². The van der Waals surface area contributed by atoms with Gasteiger partial charge in [0.1, 0.15) is 11.8 Å². The number of ether oxygens (including phenoxy) is 1. The van der Waals surface area contributed by atoms with E-state index in [1.807, 2.05) is 0 Å².